The Morgan fingerprint density at radius 3 is 2.28 bits per heavy atom. The highest BCUT2D eigenvalue weighted by Gasteiger charge is 2.36. The van der Waals surface area contributed by atoms with Crippen LogP contribution in [0.4, 0.5) is 9.59 Å². The SMILES string of the molecule is CC(C)(C)OC(=O)N1CCC[C@H]1c1ncc(-c2ccc(-c3ccc4cc(-c5cnc([C@@H]6CCCN6C(=O)O)n5COCC[Si](C)(C)C)ncc4c3)cc2)[nH]1. The predicted molar refractivity (Wildman–Crippen MR) is 212 cm³/mol. The lowest BCUT2D eigenvalue weighted by Crippen LogP contribution is -2.36. The second-order valence-electron chi connectivity index (χ2n) is 16.6. The fourth-order valence-electron chi connectivity index (χ4n) is 7.34. The molecule has 3 aromatic heterocycles. The number of nitrogens with zero attached hydrogens (tertiary/aromatic N) is 6. The van der Waals surface area contributed by atoms with E-state index in [4.69, 9.17) is 19.4 Å². The summed E-state index contributed by atoms with van der Waals surface area (Å²) in [5, 5.41) is 11.9. The van der Waals surface area contributed by atoms with E-state index >= 15 is 0 Å². The van der Waals surface area contributed by atoms with Crippen molar-refractivity contribution in [1.82, 2.24) is 34.3 Å². The van der Waals surface area contributed by atoms with Gasteiger partial charge in [0.2, 0.25) is 0 Å². The topological polar surface area (TPSA) is 139 Å². The van der Waals surface area contributed by atoms with Gasteiger partial charge >= 0.3 is 12.2 Å². The first-order valence-corrected chi connectivity index (χ1v) is 22.6. The number of aromatic amines is 1. The summed E-state index contributed by atoms with van der Waals surface area (Å²) < 4.78 is 13.8. The summed E-state index contributed by atoms with van der Waals surface area (Å²) in [6.45, 7) is 14.7. The molecule has 2 aliphatic rings. The number of amides is 2. The number of carbonyl (C=O) groups excluding carboxylic acids is 1. The molecule has 2 aromatic carbocycles. The van der Waals surface area contributed by atoms with E-state index in [1.54, 1.807) is 11.1 Å². The average Bonchev–Trinajstić information content (AvgIpc) is 3.95. The molecule has 13 heteroatoms. The van der Waals surface area contributed by atoms with Gasteiger partial charge in [-0.2, -0.15) is 0 Å². The monoisotopic (exact) mass is 749 g/mol. The molecule has 2 fully saturated rings. The van der Waals surface area contributed by atoms with Crippen molar-refractivity contribution in [2.45, 2.75) is 96.6 Å². The number of benzene rings is 2. The van der Waals surface area contributed by atoms with Crippen LogP contribution in [-0.4, -0.2) is 85.0 Å². The van der Waals surface area contributed by atoms with Crippen molar-refractivity contribution in [3.63, 3.8) is 0 Å². The Morgan fingerprint density at radius 1 is 0.852 bits per heavy atom. The third-order valence-corrected chi connectivity index (χ3v) is 11.9. The Kier molecular flexibility index (Phi) is 10.4. The number of fused-ring (bicyclic) bond motifs is 1. The number of H-pyrrole nitrogens is 1. The second-order valence-corrected chi connectivity index (χ2v) is 22.3. The van der Waals surface area contributed by atoms with Gasteiger partial charge in [-0.05, 0) is 86.7 Å². The van der Waals surface area contributed by atoms with Crippen LogP contribution in [0.1, 0.15) is 70.2 Å². The maximum Gasteiger partial charge on any atom is 0.410 e. The number of carboxylic acid groups (broad SMARTS) is 1. The van der Waals surface area contributed by atoms with E-state index in [-0.39, 0.29) is 18.2 Å². The van der Waals surface area contributed by atoms with Crippen molar-refractivity contribution in [2.24, 2.45) is 0 Å². The highest BCUT2D eigenvalue weighted by Crippen LogP contribution is 2.36. The zero-order chi connectivity index (χ0) is 38.2. The molecule has 2 saturated heterocycles. The van der Waals surface area contributed by atoms with E-state index in [2.05, 4.69) is 78.1 Å². The van der Waals surface area contributed by atoms with E-state index < -0.39 is 19.8 Å². The Hall–Kier alpha value is -5.01. The third kappa shape index (κ3) is 8.21. The number of aromatic nitrogens is 5. The molecule has 0 unspecified atom stereocenters. The van der Waals surface area contributed by atoms with Crippen molar-refractivity contribution in [3.8, 4) is 33.8 Å². The number of pyridine rings is 1. The van der Waals surface area contributed by atoms with Gasteiger partial charge in [-0.15, -0.1) is 0 Å². The molecule has 2 amide bonds. The van der Waals surface area contributed by atoms with Gasteiger partial charge in [0.25, 0.3) is 0 Å². The van der Waals surface area contributed by atoms with Crippen LogP contribution in [0.3, 0.4) is 0 Å². The lowest BCUT2D eigenvalue weighted by Gasteiger charge is -2.27. The van der Waals surface area contributed by atoms with Crippen LogP contribution in [0.5, 0.6) is 0 Å². The van der Waals surface area contributed by atoms with Gasteiger partial charge in [-0.3, -0.25) is 14.8 Å². The molecule has 0 spiro atoms. The minimum atomic E-state index is -1.28. The first-order valence-electron chi connectivity index (χ1n) is 18.9. The van der Waals surface area contributed by atoms with Crippen LogP contribution in [0.25, 0.3) is 44.5 Å². The van der Waals surface area contributed by atoms with Crippen LogP contribution in [0, 0.1) is 0 Å². The molecule has 0 radical (unpaired) electrons. The Morgan fingerprint density at radius 2 is 1.56 bits per heavy atom. The lowest BCUT2D eigenvalue weighted by atomic mass is 10.00. The summed E-state index contributed by atoms with van der Waals surface area (Å²) in [4.78, 5) is 45.9. The van der Waals surface area contributed by atoms with Crippen LogP contribution < -0.4 is 0 Å². The molecule has 0 saturated carbocycles. The molecule has 2 N–H and O–H groups in total. The summed E-state index contributed by atoms with van der Waals surface area (Å²) in [5.74, 6) is 1.47. The molecule has 12 nitrogen and oxygen atoms in total. The number of ether oxygens (including phenoxy) is 2. The largest absolute Gasteiger partial charge is 0.465 e. The average molecular weight is 750 g/mol. The van der Waals surface area contributed by atoms with Gasteiger partial charge in [0, 0.05) is 39.4 Å². The zero-order valence-electron chi connectivity index (χ0n) is 32.1. The normalized spacial score (nSPS) is 17.8. The molecule has 0 aliphatic carbocycles. The van der Waals surface area contributed by atoms with Crippen LogP contribution in [0.2, 0.25) is 25.7 Å². The Balaban J connectivity index is 1.09. The zero-order valence-corrected chi connectivity index (χ0v) is 33.1. The number of imidazole rings is 2. The Labute approximate surface area is 317 Å². The van der Waals surface area contributed by atoms with E-state index in [0.717, 1.165) is 82.1 Å². The summed E-state index contributed by atoms with van der Waals surface area (Å²) in [6.07, 6.45) is 7.57. The van der Waals surface area contributed by atoms with Crippen molar-refractivity contribution in [2.75, 3.05) is 19.7 Å². The fraction of sp³-hybridized carbons (Fsp3) is 0.439. The standard InChI is InChI=1S/C41H51N7O5Si/c1-41(2,3)53-40(51)47-18-7-9-34(47)37-43-24-33(45-37)28-13-11-27(12-14-28)29-15-16-30-22-32(42-23-31(30)21-29)36-25-44-38(35-10-8-17-46(35)39(49)50)48(36)26-52-19-20-54(4,5)6/h11-16,21-25,34-35H,7-10,17-20,26H2,1-6H3,(H,43,45)(H,49,50)/t34-,35-/m0/s1. The van der Waals surface area contributed by atoms with Gasteiger partial charge in [0.05, 0.1) is 41.6 Å². The number of nitrogens with one attached hydrogen (secondary N) is 1. The summed E-state index contributed by atoms with van der Waals surface area (Å²) in [5.41, 5.74) is 5.08. The number of carbonyl (C=O) groups is 2. The lowest BCUT2D eigenvalue weighted by molar-refractivity contribution is 0.0218. The molecule has 284 valence electrons. The highest BCUT2D eigenvalue weighted by atomic mass is 28.3. The van der Waals surface area contributed by atoms with Gasteiger partial charge in [-0.25, -0.2) is 19.6 Å². The highest BCUT2D eigenvalue weighted by molar-refractivity contribution is 6.76. The molecule has 54 heavy (non-hydrogen) atoms. The maximum absolute atomic E-state index is 12.8. The molecule has 5 aromatic rings. The summed E-state index contributed by atoms with van der Waals surface area (Å²) in [6, 6.07) is 17.4. The molecule has 2 aliphatic heterocycles. The first kappa shape index (κ1) is 37.3. The van der Waals surface area contributed by atoms with E-state index in [1.807, 2.05) is 37.7 Å². The van der Waals surface area contributed by atoms with Gasteiger partial charge in [0.15, 0.2) is 0 Å². The molecule has 5 heterocycles. The van der Waals surface area contributed by atoms with Crippen LogP contribution in [0.15, 0.2) is 67.1 Å². The van der Waals surface area contributed by atoms with Crippen LogP contribution in [-0.2, 0) is 16.2 Å². The summed E-state index contributed by atoms with van der Waals surface area (Å²) >= 11 is 0. The molecule has 7 rings (SSSR count). The summed E-state index contributed by atoms with van der Waals surface area (Å²) in [7, 11) is -1.28. The third-order valence-electron chi connectivity index (χ3n) is 10.2. The van der Waals surface area contributed by atoms with Crippen LogP contribution >= 0.6 is 0 Å². The van der Waals surface area contributed by atoms with Gasteiger partial charge in [-0.1, -0.05) is 56.0 Å². The van der Waals surface area contributed by atoms with Gasteiger partial charge in [0.1, 0.15) is 24.0 Å². The minimum absolute atomic E-state index is 0.134. The first-order chi connectivity index (χ1) is 25.7. The Bertz CT molecular complexity index is 2130. The number of hydrogen-bond donors (Lipinski definition) is 2. The fourth-order valence-corrected chi connectivity index (χ4v) is 8.10. The number of rotatable bonds is 10. The van der Waals surface area contributed by atoms with E-state index in [9.17, 15) is 14.7 Å². The molecule has 0 bridgehead atoms. The molecular formula is C41H51N7O5Si. The maximum atomic E-state index is 12.8. The van der Waals surface area contributed by atoms with E-state index in [0.29, 0.717) is 32.3 Å². The van der Waals surface area contributed by atoms with Crippen molar-refractivity contribution < 1.29 is 24.2 Å². The molecule has 2 atom stereocenters. The van der Waals surface area contributed by atoms with Crippen molar-refractivity contribution >= 4 is 31.0 Å². The van der Waals surface area contributed by atoms with Crippen molar-refractivity contribution in [1.29, 1.82) is 0 Å². The van der Waals surface area contributed by atoms with Crippen molar-refractivity contribution in [3.05, 3.63) is 78.8 Å². The number of likely N-dealkylation sites (tertiary alicyclic amines) is 2. The smallest absolute Gasteiger partial charge is 0.410 e. The van der Waals surface area contributed by atoms with E-state index in [1.165, 1.54) is 4.90 Å². The van der Waals surface area contributed by atoms with Gasteiger partial charge < -0.3 is 24.1 Å². The number of hydrogen-bond acceptors (Lipinski definition) is 7. The predicted octanol–water partition coefficient (Wildman–Crippen LogP) is 9.35. The minimum Gasteiger partial charge on any atom is -0.465 e. The second kappa shape index (κ2) is 15.0. The molecular weight excluding hydrogens is 699 g/mol. The quantitative estimate of drug-likeness (QED) is 0.106.